The van der Waals surface area contributed by atoms with Gasteiger partial charge >= 0.3 is 0 Å². The van der Waals surface area contributed by atoms with E-state index in [4.69, 9.17) is 34.2 Å². The smallest absolute Gasteiger partial charge is 0.114 e. The molecule has 0 aliphatic rings. The number of nitrogens with zero attached hydrogens (tertiary/aromatic N) is 2. The number of nitriles is 2. The Labute approximate surface area is 132 Å². The highest BCUT2D eigenvalue weighted by Gasteiger charge is 2.18. The Kier molecular flexibility index (Phi) is 5.49. The Morgan fingerprint density at radius 2 is 1.90 bits per heavy atom. The quantitative estimate of drug-likeness (QED) is 0.260. The number of hydrogen-bond acceptors (Lipinski definition) is 6. The molecule has 0 radical (unpaired) electrons. The largest absolute Gasteiger partial charge is 0.389 e. The highest BCUT2D eigenvalue weighted by molar-refractivity contribution is 7.82. The van der Waals surface area contributed by atoms with Gasteiger partial charge in [-0.2, -0.15) is 23.2 Å². The fourth-order valence-corrected chi connectivity index (χ4v) is 2.38. The van der Waals surface area contributed by atoms with Crippen LogP contribution in [0, 0.1) is 22.7 Å². The van der Waals surface area contributed by atoms with E-state index in [2.05, 4.69) is 12.6 Å². The summed E-state index contributed by atoms with van der Waals surface area (Å²) in [7, 11) is 0. The fraction of sp³-hybridized carbons (Fsp3) is 0.154. The molecule has 102 valence electrons. The van der Waals surface area contributed by atoms with Crippen molar-refractivity contribution in [1.29, 1.82) is 10.5 Å². The zero-order chi connectivity index (χ0) is 15.3. The lowest BCUT2D eigenvalue weighted by molar-refractivity contribution is 0.827. The Balaban J connectivity index is 3.12. The molecule has 1 rings (SSSR count). The summed E-state index contributed by atoms with van der Waals surface area (Å²) in [5.41, 5.74) is 11.8. The molecule has 1 unspecified atom stereocenters. The van der Waals surface area contributed by atoms with E-state index in [9.17, 15) is 0 Å². The second kappa shape index (κ2) is 6.69. The normalized spacial score (nSPS) is 15.1. The molecule has 1 aromatic heterocycles. The van der Waals surface area contributed by atoms with Crippen molar-refractivity contribution in [2.75, 3.05) is 0 Å². The van der Waals surface area contributed by atoms with Crippen molar-refractivity contribution < 1.29 is 0 Å². The molecule has 0 saturated carbocycles. The lowest BCUT2D eigenvalue weighted by Crippen LogP contribution is -2.30. The van der Waals surface area contributed by atoms with E-state index in [1.165, 1.54) is 11.3 Å². The number of nitrogens with two attached hydrogens (primary N) is 2. The third-order valence-corrected chi connectivity index (χ3v) is 3.71. The molecule has 0 saturated heterocycles. The van der Waals surface area contributed by atoms with Gasteiger partial charge in [-0.15, -0.1) is 11.3 Å². The summed E-state index contributed by atoms with van der Waals surface area (Å²) in [6.07, 6.45) is 3.28. The first-order valence-electron chi connectivity index (χ1n) is 5.43. The van der Waals surface area contributed by atoms with Crippen molar-refractivity contribution in [2.45, 2.75) is 11.8 Å². The third kappa shape index (κ3) is 4.48. The van der Waals surface area contributed by atoms with E-state index < -0.39 is 4.87 Å². The van der Waals surface area contributed by atoms with E-state index in [1.807, 2.05) is 24.3 Å². The van der Waals surface area contributed by atoms with E-state index in [0.29, 0.717) is 5.57 Å². The molecule has 0 spiro atoms. The highest BCUT2D eigenvalue weighted by atomic mass is 32.1. The summed E-state index contributed by atoms with van der Waals surface area (Å²) < 4.78 is 0. The molecule has 0 aliphatic heterocycles. The molecule has 0 bridgehead atoms. The lowest BCUT2D eigenvalue weighted by atomic mass is 10.1. The molecule has 0 aromatic carbocycles. The van der Waals surface area contributed by atoms with Crippen LogP contribution in [0.5, 0.6) is 0 Å². The van der Waals surface area contributed by atoms with Crippen LogP contribution >= 0.6 is 36.2 Å². The van der Waals surface area contributed by atoms with Gasteiger partial charge in [0.2, 0.25) is 0 Å². The maximum absolute atomic E-state index is 9.05. The maximum Gasteiger partial charge on any atom is 0.114 e. The van der Waals surface area contributed by atoms with Gasteiger partial charge in [-0.1, -0.05) is 12.2 Å². The number of hydrogen-bond donors (Lipinski definition) is 3. The molecular weight excluding hydrogens is 308 g/mol. The molecule has 4 nitrogen and oxygen atoms in total. The Hall–Kier alpha value is -1.64. The zero-order valence-corrected chi connectivity index (χ0v) is 13.1. The van der Waals surface area contributed by atoms with Gasteiger partial charge in [0, 0.05) is 9.75 Å². The standard InChI is InChI=1S/C13H12N4S3/c1-13(17,19)9(7-15)5-11-3-2-10(20-11)4-8(6-14)12(16)18/h2-5,19H,17H2,1H3,(H2,16,18)/b8-4+,9-5+. The van der Waals surface area contributed by atoms with Crippen molar-refractivity contribution in [3.8, 4) is 12.1 Å². The monoisotopic (exact) mass is 320 g/mol. The first-order valence-corrected chi connectivity index (χ1v) is 7.10. The fourth-order valence-electron chi connectivity index (χ4n) is 1.26. The summed E-state index contributed by atoms with van der Waals surface area (Å²) in [5.74, 6) is 0. The van der Waals surface area contributed by atoms with Gasteiger partial charge in [0.15, 0.2) is 0 Å². The van der Waals surface area contributed by atoms with Gasteiger partial charge in [-0.25, -0.2) is 0 Å². The van der Waals surface area contributed by atoms with Crippen LogP contribution in [-0.2, 0) is 0 Å². The average molecular weight is 320 g/mol. The minimum atomic E-state index is -0.995. The van der Waals surface area contributed by atoms with Crippen LogP contribution < -0.4 is 11.5 Å². The van der Waals surface area contributed by atoms with Crippen LogP contribution in [0.1, 0.15) is 16.7 Å². The molecule has 4 N–H and O–H groups in total. The van der Waals surface area contributed by atoms with Gasteiger partial charge in [-0.05, 0) is 31.2 Å². The topological polar surface area (TPSA) is 99.6 Å². The molecule has 1 aromatic rings. The number of thiocarbonyl (C=S) groups is 1. The molecule has 1 heterocycles. The molecule has 0 amide bonds. The van der Waals surface area contributed by atoms with Crippen molar-refractivity contribution in [3.63, 3.8) is 0 Å². The van der Waals surface area contributed by atoms with Crippen molar-refractivity contribution in [2.24, 2.45) is 11.5 Å². The van der Waals surface area contributed by atoms with Crippen LogP contribution in [0.2, 0.25) is 0 Å². The predicted octanol–water partition coefficient (Wildman–Crippen LogP) is 2.45. The molecule has 0 fully saturated rings. The van der Waals surface area contributed by atoms with Crippen molar-refractivity contribution >= 4 is 53.3 Å². The van der Waals surface area contributed by atoms with Gasteiger partial charge in [0.25, 0.3) is 0 Å². The first kappa shape index (κ1) is 16.4. The molecule has 20 heavy (non-hydrogen) atoms. The molecule has 7 heteroatoms. The van der Waals surface area contributed by atoms with E-state index in [1.54, 1.807) is 19.1 Å². The van der Waals surface area contributed by atoms with Crippen LogP contribution in [0.25, 0.3) is 12.2 Å². The number of thiophene rings is 1. The van der Waals surface area contributed by atoms with Crippen molar-refractivity contribution in [3.05, 3.63) is 33.0 Å². The second-order valence-corrected chi connectivity index (χ2v) is 6.61. The summed E-state index contributed by atoms with van der Waals surface area (Å²) >= 11 is 10.3. The SMILES string of the molecule is CC(N)(S)/C(C#N)=C/c1ccc(/C=C(\C#N)C(N)=S)s1. The van der Waals surface area contributed by atoms with E-state index >= 15 is 0 Å². The van der Waals surface area contributed by atoms with E-state index in [-0.39, 0.29) is 10.6 Å². The Morgan fingerprint density at radius 1 is 1.35 bits per heavy atom. The average Bonchev–Trinajstić information content (AvgIpc) is 2.78. The van der Waals surface area contributed by atoms with Gasteiger partial charge in [0.1, 0.15) is 11.1 Å². The van der Waals surface area contributed by atoms with E-state index in [0.717, 1.165) is 9.75 Å². The second-order valence-electron chi connectivity index (χ2n) is 4.09. The van der Waals surface area contributed by atoms with Gasteiger partial charge in [-0.3, -0.25) is 0 Å². The van der Waals surface area contributed by atoms with Crippen LogP contribution in [0.15, 0.2) is 23.3 Å². The summed E-state index contributed by atoms with van der Waals surface area (Å²) in [4.78, 5) is 0.709. The zero-order valence-electron chi connectivity index (χ0n) is 10.6. The Bertz CT molecular complexity index is 663. The van der Waals surface area contributed by atoms with Crippen molar-refractivity contribution in [1.82, 2.24) is 0 Å². The minimum Gasteiger partial charge on any atom is -0.389 e. The lowest BCUT2D eigenvalue weighted by Gasteiger charge is -2.15. The van der Waals surface area contributed by atoms with Crippen LogP contribution in [0.3, 0.4) is 0 Å². The number of rotatable bonds is 4. The molecular formula is C13H12N4S3. The van der Waals surface area contributed by atoms with Crippen LogP contribution in [0.4, 0.5) is 0 Å². The third-order valence-electron chi connectivity index (χ3n) is 2.27. The minimum absolute atomic E-state index is 0.0561. The highest BCUT2D eigenvalue weighted by Crippen LogP contribution is 2.25. The van der Waals surface area contributed by atoms with Crippen LogP contribution in [-0.4, -0.2) is 9.86 Å². The molecule has 0 aliphatic carbocycles. The van der Waals surface area contributed by atoms with Gasteiger partial charge < -0.3 is 11.5 Å². The molecule has 1 atom stereocenters. The predicted molar refractivity (Wildman–Crippen MR) is 89.9 cm³/mol. The maximum atomic E-state index is 9.05. The first-order chi connectivity index (χ1) is 9.27. The Morgan fingerprint density at radius 3 is 2.30 bits per heavy atom. The summed E-state index contributed by atoms with van der Waals surface area (Å²) in [6.45, 7) is 1.64. The summed E-state index contributed by atoms with van der Waals surface area (Å²) in [6, 6.07) is 7.60. The summed E-state index contributed by atoms with van der Waals surface area (Å²) in [5, 5.41) is 17.9. The number of thiol groups is 1. The van der Waals surface area contributed by atoms with Gasteiger partial charge in [0.05, 0.1) is 22.1 Å².